The summed E-state index contributed by atoms with van der Waals surface area (Å²) in [6.07, 6.45) is 1.22. The third kappa shape index (κ3) is 3.52. The number of phosphoric acid groups is 1. The third-order valence-corrected chi connectivity index (χ3v) is 1.75. The molecule has 0 aliphatic carbocycles. The molecule has 0 spiro atoms. The molecule has 1 aromatic rings. The second kappa shape index (κ2) is 3.85. The van der Waals surface area contributed by atoms with E-state index in [2.05, 4.69) is 4.52 Å². The summed E-state index contributed by atoms with van der Waals surface area (Å²) in [7, 11) is -4.50. The fourth-order valence-electron chi connectivity index (χ4n) is 0.726. The van der Waals surface area contributed by atoms with Gasteiger partial charge >= 0.3 is 7.82 Å². The van der Waals surface area contributed by atoms with Gasteiger partial charge < -0.3 is 15.0 Å². The van der Waals surface area contributed by atoms with E-state index >= 15 is 0 Å². The van der Waals surface area contributed by atoms with Crippen LogP contribution >= 0.6 is 7.82 Å². The highest BCUT2D eigenvalue weighted by Gasteiger charge is 2.16. The Morgan fingerprint density at radius 2 is 2.23 bits per heavy atom. The second-order valence-corrected chi connectivity index (χ2v) is 3.52. The quantitative estimate of drug-likeness (QED) is 0.409. The summed E-state index contributed by atoms with van der Waals surface area (Å²) in [5.41, 5.74) is 0.144. The molecule has 6 nitrogen and oxygen atoms in total. The van der Waals surface area contributed by atoms with E-state index in [1.807, 2.05) is 0 Å². The normalized spacial score (nSPS) is 11.5. The van der Waals surface area contributed by atoms with Gasteiger partial charge in [-0.05, 0) is 6.07 Å². The Morgan fingerprint density at radius 1 is 1.54 bits per heavy atom. The molecule has 0 atom stereocenters. The molecule has 0 aliphatic rings. The Morgan fingerprint density at radius 3 is 2.77 bits per heavy atom. The second-order valence-electron chi connectivity index (χ2n) is 2.28. The van der Waals surface area contributed by atoms with Gasteiger partial charge in [-0.3, -0.25) is 4.52 Å². The zero-order chi connectivity index (χ0) is 9.90. The van der Waals surface area contributed by atoms with Crippen molar-refractivity contribution in [3.05, 3.63) is 35.3 Å². The molecule has 1 rings (SSSR count). The first kappa shape index (κ1) is 10.1. The summed E-state index contributed by atoms with van der Waals surface area (Å²) in [5, 5.41) is 10.9. The van der Waals surface area contributed by atoms with E-state index in [1.54, 1.807) is 6.07 Å². The molecule has 1 heterocycles. The molecular formula is C6H8NO5P. The van der Waals surface area contributed by atoms with Crippen LogP contribution in [0.2, 0.25) is 0 Å². The average Bonchev–Trinajstić information content (AvgIpc) is 2.01. The summed E-state index contributed by atoms with van der Waals surface area (Å²) in [6, 6.07) is 4.50. The Kier molecular flexibility index (Phi) is 3.00. The molecule has 0 saturated carbocycles. The van der Waals surface area contributed by atoms with E-state index in [9.17, 15) is 9.77 Å². The van der Waals surface area contributed by atoms with Gasteiger partial charge in [0.05, 0.1) is 0 Å². The van der Waals surface area contributed by atoms with E-state index < -0.39 is 14.4 Å². The van der Waals surface area contributed by atoms with Crippen molar-refractivity contribution < 1.29 is 23.6 Å². The largest absolute Gasteiger partial charge is 0.618 e. The molecule has 0 unspecified atom stereocenters. The molecule has 0 bridgehead atoms. The van der Waals surface area contributed by atoms with Crippen LogP contribution < -0.4 is 4.73 Å². The van der Waals surface area contributed by atoms with Crippen LogP contribution in [0.25, 0.3) is 0 Å². The SMILES string of the molecule is O=P(O)(O)OCc1cccc[n+]1[O-]. The number of aromatic nitrogens is 1. The van der Waals surface area contributed by atoms with Crippen molar-refractivity contribution in [1.29, 1.82) is 0 Å². The van der Waals surface area contributed by atoms with E-state index in [4.69, 9.17) is 9.79 Å². The lowest BCUT2D eigenvalue weighted by molar-refractivity contribution is -0.616. The molecule has 2 N–H and O–H groups in total. The van der Waals surface area contributed by atoms with Crippen molar-refractivity contribution in [3.8, 4) is 0 Å². The molecule has 72 valence electrons. The molecule has 1 aromatic heterocycles. The van der Waals surface area contributed by atoms with Gasteiger partial charge in [-0.15, -0.1) is 0 Å². The van der Waals surface area contributed by atoms with Crippen LogP contribution in [0.5, 0.6) is 0 Å². The van der Waals surface area contributed by atoms with Crippen molar-refractivity contribution in [2.75, 3.05) is 0 Å². The van der Waals surface area contributed by atoms with Crippen LogP contribution in [0.3, 0.4) is 0 Å². The predicted molar refractivity (Wildman–Crippen MR) is 42.2 cm³/mol. The van der Waals surface area contributed by atoms with Gasteiger partial charge in [0.2, 0.25) is 5.69 Å². The number of nitrogens with zero attached hydrogens (tertiary/aromatic N) is 1. The van der Waals surface area contributed by atoms with Crippen molar-refractivity contribution in [2.24, 2.45) is 0 Å². The Balaban J connectivity index is 2.65. The van der Waals surface area contributed by atoms with Gasteiger partial charge in [0.1, 0.15) is 6.61 Å². The highest BCUT2D eigenvalue weighted by Crippen LogP contribution is 2.36. The minimum Gasteiger partial charge on any atom is -0.618 e. The lowest BCUT2D eigenvalue weighted by Gasteiger charge is -2.05. The van der Waals surface area contributed by atoms with Gasteiger partial charge in [-0.1, -0.05) is 0 Å². The van der Waals surface area contributed by atoms with Crippen LogP contribution in [-0.2, 0) is 15.7 Å². The third-order valence-electron chi connectivity index (χ3n) is 1.28. The van der Waals surface area contributed by atoms with Crippen LogP contribution in [0, 0.1) is 5.21 Å². The van der Waals surface area contributed by atoms with Gasteiger partial charge in [-0.2, -0.15) is 4.73 Å². The minimum atomic E-state index is -4.50. The summed E-state index contributed by atoms with van der Waals surface area (Å²) in [5.74, 6) is 0. The summed E-state index contributed by atoms with van der Waals surface area (Å²) < 4.78 is 14.9. The highest BCUT2D eigenvalue weighted by molar-refractivity contribution is 7.46. The molecular weight excluding hydrogens is 197 g/mol. The standard InChI is InChI=1S/C6H8NO5P/c8-7-4-2-1-3-6(7)5-12-13(9,10)11/h1-4H,5H2,(H2,9,10,11). The van der Waals surface area contributed by atoms with Crippen LogP contribution in [-0.4, -0.2) is 9.79 Å². The lowest BCUT2D eigenvalue weighted by atomic mass is 10.4. The summed E-state index contributed by atoms with van der Waals surface area (Å²) in [6.45, 7) is -0.408. The molecule has 0 aromatic carbocycles. The Hall–Kier alpha value is -0.940. The smallest absolute Gasteiger partial charge is 0.470 e. The molecule has 0 saturated heterocycles. The maximum absolute atomic E-state index is 10.9. The van der Waals surface area contributed by atoms with E-state index in [0.29, 0.717) is 4.73 Å². The summed E-state index contributed by atoms with van der Waals surface area (Å²) >= 11 is 0. The van der Waals surface area contributed by atoms with Crippen molar-refractivity contribution in [1.82, 2.24) is 0 Å². The van der Waals surface area contributed by atoms with Crippen LogP contribution in [0.15, 0.2) is 24.4 Å². The maximum Gasteiger partial charge on any atom is 0.470 e. The van der Waals surface area contributed by atoms with Crippen molar-refractivity contribution >= 4 is 7.82 Å². The van der Waals surface area contributed by atoms with Crippen LogP contribution in [0.1, 0.15) is 5.69 Å². The number of hydrogen-bond donors (Lipinski definition) is 2. The first-order valence-electron chi connectivity index (χ1n) is 3.36. The molecule has 13 heavy (non-hydrogen) atoms. The Bertz CT molecular complexity index is 336. The average molecular weight is 205 g/mol. The highest BCUT2D eigenvalue weighted by atomic mass is 31.2. The van der Waals surface area contributed by atoms with Crippen LogP contribution in [0.4, 0.5) is 0 Å². The molecule has 7 heteroatoms. The minimum absolute atomic E-state index is 0.144. The fraction of sp³-hybridized carbons (Fsp3) is 0.167. The molecule has 0 amide bonds. The van der Waals surface area contributed by atoms with Gasteiger partial charge in [0, 0.05) is 12.1 Å². The zero-order valence-electron chi connectivity index (χ0n) is 6.53. The topological polar surface area (TPSA) is 93.7 Å². The Labute approximate surface area is 74.2 Å². The number of pyridine rings is 1. The molecule has 0 aliphatic heterocycles. The maximum atomic E-state index is 10.9. The van der Waals surface area contributed by atoms with E-state index in [0.717, 1.165) is 0 Å². The van der Waals surface area contributed by atoms with E-state index in [1.165, 1.54) is 18.3 Å². The van der Waals surface area contributed by atoms with Crippen molar-refractivity contribution in [3.63, 3.8) is 0 Å². The zero-order valence-corrected chi connectivity index (χ0v) is 7.42. The lowest BCUT2D eigenvalue weighted by Crippen LogP contribution is -2.30. The van der Waals surface area contributed by atoms with E-state index in [-0.39, 0.29) is 5.69 Å². The van der Waals surface area contributed by atoms with Gasteiger partial charge in [0.15, 0.2) is 6.20 Å². The number of phosphoric ester groups is 1. The number of rotatable bonds is 3. The first-order valence-corrected chi connectivity index (χ1v) is 4.89. The van der Waals surface area contributed by atoms with Gasteiger partial charge in [-0.25, -0.2) is 4.57 Å². The number of hydrogen-bond acceptors (Lipinski definition) is 3. The monoisotopic (exact) mass is 205 g/mol. The molecule has 0 fully saturated rings. The molecule has 0 radical (unpaired) electrons. The van der Waals surface area contributed by atoms with Gasteiger partial charge in [0.25, 0.3) is 0 Å². The van der Waals surface area contributed by atoms with Crippen molar-refractivity contribution in [2.45, 2.75) is 6.61 Å². The summed E-state index contributed by atoms with van der Waals surface area (Å²) in [4.78, 5) is 16.7. The fourth-order valence-corrected chi connectivity index (χ4v) is 1.03. The predicted octanol–water partition coefficient (Wildman–Crippen LogP) is -0.0707. The first-order chi connectivity index (χ1) is 5.99.